The van der Waals surface area contributed by atoms with E-state index >= 15 is 0 Å². The first-order valence-corrected chi connectivity index (χ1v) is 8.95. The van der Waals surface area contributed by atoms with E-state index in [0.717, 1.165) is 22.8 Å². The summed E-state index contributed by atoms with van der Waals surface area (Å²) in [4.78, 5) is 24.0. The zero-order chi connectivity index (χ0) is 20.0. The third-order valence-electron chi connectivity index (χ3n) is 3.56. The van der Waals surface area contributed by atoms with Gasteiger partial charge in [-0.2, -0.15) is 0 Å². The zero-order valence-electron chi connectivity index (χ0n) is 16.0. The molecule has 0 aliphatic rings. The van der Waals surface area contributed by atoms with Crippen LogP contribution in [0.1, 0.15) is 0 Å². The van der Waals surface area contributed by atoms with E-state index in [2.05, 4.69) is 29.9 Å². The fourth-order valence-corrected chi connectivity index (χ4v) is 2.25. The summed E-state index contributed by atoms with van der Waals surface area (Å²) in [5.74, 6) is 0. The van der Waals surface area contributed by atoms with Crippen molar-refractivity contribution in [3.05, 3.63) is 116 Å². The van der Waals surface area contributed by atoms with Crippen molar-refractivity contribution in [3.63, 3.8) is 0 Å². The van der Waals surface area contributed by atoms with Crippen LogP contribution in [0.3, 0.4) is 0 Å². The van der Waals surface area contributed by atoms with Gasteiger partial charge in [0.15, 0.2) is 0 Å². The topological polar surface area (TPSA) is 78.5 Å². The zero-order valence-corrected chi connectivity index (χ0v) is 18.5. The van der Waals surface area contributed by atoms with Crippen LogP contribution in [0.4, 0.5) is 0 Å². The van der Waals surface area contributed by atoms with Gasteiger partial charge in [-0.15, -0.1) is 0 Å². The van der Waals surface area contributed by atoms with Crippen molar-refractivity contribution >= 4 is 0 Å². The summed E-state index contributed by atoms with van der Waals surface area (Å²) in [5, 5.41) is 0. The first-order chi connectivity index (χ1) is 14.4. The quantitative estimate of drug-likeness (QED) is 0.315. The summed E-state index contributed by atoms with van der Waals surface area (Å²) in [5.41, 5.74) is 3.66. The van der Waals surface area contributed by atoms with Gasteiger partial charge in [0, 0.05) is 24.8 Å². The molecule has 0 unspecified atom stereocenters. The van der Waals surface area contributed by atoms with Crippen LogP contribution in [0, 0.1) is 0 Å². The molecule has 0 N–H and O–H groups in total. The minimum Gasteiger partial charge on any atom is -0.450 e. The minimum absolute atomic E-state index is 0. The number of nitrogens with zero attached hydrogens (tertiary/aromatic N) is 6. The van der Waals surface area contributed by atoms with Crippen LogP contribution >= 0.6 is 0 Å². The van der Waals surface area contributed by atoms with Crippen LogP contribution < -0.4 is 4.98 Å². The summed E-state index contributed by atoms with van der Waals surface area (Å²) in [6, 6.07) is 23.2. The summed E-state index contributed by atoms with van der Waals surface area (Å²) >= 11 is 0. The second-order valence-corrected chi connectivity index (χ2v) is 5.57. The van der Waals surface area contributed by atoms with Gasteiger partial charge >= 0.3 is 19.8 Å². The molecule has 0 fully saturated rings. The van der Waals surface area contributed by atoms with Gasteiger partial charge in [0.1, 0.15) is 0 Å². The van der Waals surface area contributed by atoms with E-state index in [9.17, 15) is 0 Å². The molecule has 0 radical (unpaired) electrons. The Kier molecular flexibility index (Phi) is 10.3. The fraction of sp³-hybridized carbons (Fsp3) is 0. The van der Waals surface area contributed by atoms with Crippen LogP contribution in [0.25, 0.3) is 22.8 Å². The maximum atomic E-state index is 4.19. The van der Waals surface area contributed by atoms with Crippen LogP contribution in [-0.4, -0.2) is 24.9 Å². The molecule has 0 aliphatic heterocycles. The molecular weight excluding hydrogens is 551 g/mol. The standard InChI is InChI=1S/2C10H8N2.C3H3N2.Os/c2*1-3-7-11-9(5-1)10-6-2-4-8-12-10;1-2-5-3-4-1;/h2*1-8H;1-3H;/q;;-1;+2. The first kappa shape index (κ1) is 22.7. The average molecular weight is 570 g/mol. The molecule has 30 heavy (non-hydrogen) atoms. The number of pyridine rings is 4. The van der Waals surface area contributed by atoms with Crippen LogP contribution in [0.2, 0.25) is 0 Å². The van der Waals surface area contributed by atoms with E-state index in [1.807, 2.05) is 72.8 Å². The number of rotatable bonds is 2. The molecule has 5 rings (SSSR count). The molecule has 0 spiro atoms. The smallest absolute Gasteiger partial charge is 0.450 e. The largest absolute Gasteiger partial charge is 2.00 e. The number of imidazole rings is 1. The molecule has 6 nitrogen and oxygen atoms in total. The molecule has 5 aromatic heterocycles. The van der Waals surface area contributed by atoms with Gasteiger partial charge in [-0.3, -0.25) is 19.9 Å². The van der Waals surface area contributed by atoms with Crippen LogP contribution in [-0.2, 0) is 19.8 Å². The van der Waals surface area contributed by atoms with Gasteiger partial charge in [-0.1, -0.05) is 43.0 Å². The molecule has 0 saturated heterocycles. The van der Waals surface area contributed by atoms with Crippen molar-refractivity contribution < 1.29 is 19.8 Å². The van der Waals surface area contributed by atoms with Crippen molar-refractivity contribution in [2.24, 2.45) is 0 Å². The Morgan fingerprint density at radius 3 is 1.00 bits per heavy atom. The van der Waals surface area contributed by atoms with E-state index in [1.54, 1.807) is 37.2 Å². The Bertz CT molecular complexity index is 861. The normalized spacial score (nSPS) is 9.07. The second kappa shape index (κ2) is 13.6. The van der Waals surface area contributed by atoms with E-state index in [4.69, 9.17) is 0 Å². The van der Waals surface area contributed by atoms with Gasteiger partial charge in [-0.05, 0) is 48.5 Å². The molecule has 0 bridgehead atoms. The second-order valence-electron chi connectivity index (χ2n) is 5.57. The predicted octanol–water partition coefficient (Wildman–Crippen LogP) is 4.32. The van der Waals surface area contributed by atoms with Crippen molar-refractivity contribution in [1.82, 2.24) is 29.9 Å². The van der Waals surface area contributed by atoms with Crippen LogP contribution in [0.5, 0.6) is 0 Å². The molecule has 0 saturated carbocycles. The van der Waals surface area contributed by atoms with Gasteiger partial charge in [0.05, 0.1) is 22.8 Å². The Morgan fingerprint density at radius 1 is 0.467 bits per heavy atom. The first-order valence-electron chi connectivity index (χ1n) is 8.95. The molecule has 0 aromatic carbocycles. The average Bonchev–Trinajstić information content (AvgIpc) is 3.42. The maximum absolute atomic E-state index is 4.19. The molecule has 7 heteroatoms. The molecule has 5 aromatic rings. The van der Waals surface area contributed by atoms with Gasteiger partial charge in [-0.25, -0.2) is 0 Å². The Morgan fingerprint density at radius 2 is 0.833 bits per heavy atom. The Labute approximate surface area is 188 Å². The fourth-order valence-electron chi connectivity index (χ4n) is 2.25. The minimum atomic E-state index is 0. The molecule has 0 amide bonds. The van der Waals surface area contributed by atoms with E-state index in [0.29, 0.717) is 0 Å². The molecule has 148 valence electrons. The molecular formula is C23H19N6Os+. The maximum Gasteiger partial charge on any atom is 2.00 e. The third-order valence-corrected chi connectivity index (χ3v) is 3.56. The number of hydrogen-bond acceptors (Lipinski definition) is 5. The summed E-state index contributed by atoms with van der Waals surface area (Å²) in [6.07, 6.45) is 11.8. The summed E-state index contributed by atoms with van der Waals surface area (Å²) in [6.45, 7) is 0. The van der Waals surface area contributed by atoms with Gasteiger partial charge < -0.3 is 9.97 Å². The molecule has 0 atom stereocenters. The van der Waals surface area contributed by atoms with Crippen molar-refractivity contribution in [2.45, 2.75) is 0 Å². The monoisotopic (exact) mass is 571 g/mol. The van der Waals surface area contributed by atoms with Gasteiger partial charge in [0.25, 0.3) is 0 Å². The molecule has 5 heterocycles. The van der Waals surface area contributed by atoms with Crippen LogP contribution in [0.15, 0.2) is 116 Å². The number of aromatic nitrogens is 6. The van der Waals surface area contributed by atoms with Crippen molar-refractivity contribution in [1.29, 1.82) is 0 Å². The van der Waals surface area contributed by atoms with E-state index in [-0.39, 0.29) is 19.8 Å². The number of hydrogen-bond donors (Lipinski definition) is 0. The van der Waals surface area contributed by atoms with Crippen molar-refractivity contribution in [3.8, 4) is 22.8 Å². The Balaban J connectivity index is 0.000000170. The van der Waals surface area contributed by atoms with E-state index < -0.39 is 0 Å². The van der Waals surface area contributed by atoms with Crippen molar-refractivity contribution in [2.75, 3.05) is 0 Å². The summed E-state index contributed by atoms with van der Waals surface area (Å²) < 4.78 is 0. The van der Waals surface area contributed by atoms with Gasteiger partial charge in [0.2, 0.25) is 0 Å². The Hall–Kier alpha value is -3.55. The SMILES string of the molecule is [Os+2].c1c[n-]cn1.c1ccc(-c2ccccn2)nc1.c1ccc(-c2ccccn2)nc1. The predicted molar refractivity (Wildman–Crippen MR) is 112 cm³/mol. The van der Waals surface area contributed by atoms with E-state index in [1.165, 1.54) is 6.33 Å². The molecule has 0 aliphatic carbocycles. The third kappa shape index (κ3) is 7.82. The summed E-state index contributed by atoms with van der Waals surface area (Å²) in [7, 11) is 0.